The minimum atomic E-state index is 0.672. The minimum absolute atomic E-state index is 0.672. The fourth-order valence-corrected chi connectivity index (χ4v) is 3.35. The van der Waals surface area contributed by atoms with E-state index < -0.39 is 0 Å². The lowest BCUT2D eigenvalue weighted by atomic mass is 9.89. The topological polar surface area (TPSA) is 12.0 Å². The zero-order valence-corrected chi connectivity index (χ0v) is 11.9. The molecule has 1 N–H and O–H groups in total. The van der Waals surface area contributed by atoms with Crippen molar-refractivity contribution in [2.45, 2.75) is 63.8 Å². The molecule has 1 nitrogen and oxygen atoms in total. The summed E-state index contributed by atoms with van der Waals surface area (Å²) in [6.45, 7) is 2.28. The Morgan fingerprint density at radius 2 is 2.06 bits per heavy atom. The normalized spacial score (nSPS) is 19.8. The van der Waals surface area contributed by atoms with Crippen LogP contribution in [0.25, 0.3) is 0 Å². The molecule has 0 saturated carbocycles. The van der Waals surface area contributed by atoms with Crippen LogP contribution < -0.4 is 5.32 Å². The fraction of sp³-hybridized carbons (Fsp3) is 0.647. The van der Waals surface area contributed by atoms with Crippen LogP contribution in [0.5, 0.6) is 0 Å². The third kappa shape index (κ3) is 3.14. The summed E-state index contributed by atoms with van der Waals surface area (Å²) in [5.74, 6) is 0.743. The van der Waals surface area contributed by atoms with Crippen molar-refractivity contribution in [2.24, 2.45) is 0 Å². The molecular formula is C17H27N. The number of nitrogens with one attached hydrogen (secondary N) is 1. The summed E-state index contributed by atoms with van der Waals surface area (Å²) >= 11 is 0. The number of benzene rings is 1. The smallest absolute Gasteiger partial charge is 0.0133 e. The van der Waals surface area contributed by atoms with Gasteiger partial charge in [-0.05, 0) is 43.4 Å². The maximum absolute atomic E-state index is 3.56. The molecule has 2 atom stereocenters. The van der Waals surface area contributed by atoms with E-state index in [0.717, 1.165) is 5.92 Å². The first-order valence-electron chi connectivity index (χ1n) is 7.62. The fourth-order valence-electron chi connectivity index (χ4n) is 3.35. The molecule has 1 aliphatic rings. The Morgan fingerprint density at radius 1 is 1.22 bits per heavy atom. The lowest BCUT2D eigenvalue weighted by molar-refractivity contribution is 0.414. The Bertz CT molecular complexity index is 358. The summed E-state index contributed by atoms with van der Waals surface area (Å²) in [7, 11) is 2.13. The van der Waals surface area contributed by atoms with E-state index in [1.165, 1.54) is 44.9 Å². The van der Waals surface area contributed by atoms with Gasteiger partial charge in [0.2, 0.25) is 0 Å². The molecule has 0 bridgehead atoms. The van der Waals surface area contributed by atoms with Gasteiger partial charge in [-0.15, -0.1) is 0 Å². The third-order valence-corrected chi connectivity index (χ3v) is 4.40. The van der Waals surface area contributed by atoms with Crippen LogP contribution in [0.4, 0.5) is 0 Å². The molecule has 0 spiro atoms. The van der Waals surface area contributed by atoms with Crippen LogP contribution in [0.15, 0.2) is 24.3 Å². The van der Waals surface area contributed by atoms with Crippen LogP contribution in [0.3, 0.4) is 0 Å². The summed E-state index contributed by atoms with van der Waals surface area (Å²) in [6, 6.07) is 9.69. The van der Waals surface area contributed by atoms with Gasteiger partial charge in [-0.25, -0.2) is 0 Å². The van der Waals surface area contributed by atoms with E-state index in [9.17, 15) is 0 Å². The van der Waals surface area contributed by atoms with E-state index in [1.807, 2.05) is 0 Å². The number of hydrogen-bond acceptors (Lipinski definition) is 1. The van der Waals surface area contributed by atoms with Gasteiger partial charge in [-0.2, -0.15) is 0 Å². The molecule has 18 heavy (non-hydrogen) atoms. The van der Waals surface area contributed by atoms with Crippen molar-refractivity contribution in [3.05, 3.63) is 35.4 Å². The van der Waals surface area contributed by atoms with Gasteiger partial charge in [-0.3, -0.25) is 0 Å². The molecule has 1 aromatic carbocycles. The van der Waals surface area contributed by atoms with E-state index >= 15 is 0 Å². The number of unbranched alkanes of at least 4 members (excludes halogenated alkanes) is 3. The molecule has 0 fully saturated rings. The lowest BCUT2D eigenvalue weighted by Crippen LogP contribution is -2.31. The second kappa shape index (κ2) is 6.94. The number of likely N-dealkylation sites (N-methyl/N-ethyl adjacent to an activating group) is 1. The summed E-state index contributed by atoms with van der Waals surface area (Å²) in [5, 5.41) is 3.56. The number of aryl methyl sites for hydroxylation is 1. The van der Waals surface area contributed by atoms with Crippen molar-refractivity contribution >= 4 is 0 Å². The second-order valence-corrected chi connectivity index (χ2v) is 5.59. The van der Waals surface area contributed by atoms with Crippen LogP contribution in [0.1, 0.15) is 62.5 Å². The third-order valence-electron chi connectivity index (χ3n) is 4.40. The van der Waals surface area contributed by atoms with E-state index in [4.69, 9.17) is 0 Å². The van der Waals surface area contributed by atoms with E-state index in [0.29, 0.717) is 6.04 Å². The number of hydrogen-bond donors (Lipinski definition) is 1. The molecule has 0 aliphatic heterocycles. The summed E-state index contributed by atoms with van der Waals surface area (Å²) in [5.41, 5.74) is 3.18. The highest BCUT2D eigenvalue weighted by Gasteiger charge is 2.27. The van der Waals surface area contributed by atoms with Crippen molar-refractivity contribution in [3.8, 4) is 0 Å². The molecule has 2 rings (SSSR count). The van der Waals surface area contributed by atoms with Gasteiger partial charge in [0.25, 0.3) is 0 Å². The molecular weight excluding hydrogens is 218 g/mol. The molecule has 0 aromatic heterocycles. The van der Waals surface area contributed by atoms with E-state index in [2.05, 4.69) is 43.6 Å². The Balaban J connectivity index is 1.93. The molecule has 0 amide bonds. The predicted molar refractivity (Wildman–Crippen MR) is 79.1 cm³/mol. The van der Waals surface area contributed by atoms with Gasteiger partial charge in [-0.1, -0.05) is 56.9 Å². The van der Waals surface area contributed by atoms with Gasteiger partial charge in [0.1, 0.15) is 0 Å². The van der Waals surface area contributed by atoms with Gasteiger partial charge in [0.15, 0.2) is 0 Å². The molecule has 1 aromatic rings. The highest BCUT2D eigenvalue weighted by molar-refractivity contribution is 5.35. The largest absolute Gasteiger partial charge is 0.316 e. The first kappa shape index (κ1) is 13.6. The van der Waals surface area contributed by atoms with E-state index in [1.54, 1.807) is 11.1 Å². The van der Waals surface area contributed by atoms with Gasteiger partial charge < -0.3 is 5.32 Å². The van der Waals surface area contributed by atoms with Crippen LogP contribution in [0.2, 0.25) is 0 Å². The van der Waals surface area contributed by atoms with Crippen LogP contribution >= 0.6 is 0 Å². The van der Waals surface area contributed by atoms with Gasteiger partial charge in [0.05, 0.1) is 0 Å². The van der Waals surface area contributed by atoms with Crippen molar-refractivity contribution < 1.29 is 0 Å². The summed E-state index contributed by atoms with van der Waals surface area (Å²) in [6.07, 6.45) is 9.41. The molecule has 100 valence electrons. The first-order valence-corrected chi connectivity index (χ1v) is 7.62. The Morgan fingerprint density at radius 3 is 2.83 bits per heavy atom. The Labute approximate surface area is 112 Å². The summed E-state index contributed by atoms with van der Waals surface area (Å²) < 4.78 is 0. The average molecular weight is 245 g/mol. The minimum Gasteiger partial charge on any atom is -0.316 e. The zero-order chi connectivity index (χ0) is 12.8. The van der Waals surface area contributed by atoms with Crippen LogP contribution in [0, 0.1) is 0 Å². The maximum atomic E-state index is 3.56. The van der Waals surface area contributed by atoms with Crippen LogP contribution in [-0.2, 0) is 6.42 Å². The molecule has 0 saturated heterocycles. The highest BCUT2D eigenvalue weighted by atomic mass is 14.9. The molecule has 1 aliphatic carbocycles. The van der Waals surface area contributed by atoms with Crippen LogP contribution in [-0.4, -0.2) is 13.1 Å². The molecule has 2 unspecified atom stereocenters. The quantitative estimate of drug-likeness (QED) is 0.707. The predicted octanol–water partition coefficient (Wildman–Crippen LogP) is 4.27. The standard InChI is InChI=1S/C17H27N/c1-3-4-5-6-11-17(18-2)16-13-12-14-9-7-8-10-15(14)16/h7-10,16-18H,3-6,11-13H2,1-2H3. The summed E-state index contributed by atoms with van der Waals surface area (Å²) in [4.78, 5) is 0. The molecule has 0 radical (unpaired) electrons. The zero-order valence-electron chi connectivity index (χ0n) is 11.9. The lowest BCUT2D eigenvalue weighted by Gasteiger charge is -2.24. The molecule has 0 heterocycles. The van der Waals surface area contributed by atoms with E-state index in [-0.39, 0.29) is 0 Å². The maximum Gasteiger partial charge on any atom is 0.0133 e. The Hall–Kier alpha value is -0.820. The van der Waals surface area contributed by atoms with Gasteiger partial charge in [0, 0.05) is 6.04 Å². The number of rotatable bonds is 7. The van der Waals surface area contributed by atoms with Crippen molar-refractivity contribution in [1.29, 1.82) is 0 Å². The number of fused-ring (bicyclic) bond motifs is 1. The van der Waals surface area contributed by atoms with Crippen molar-refractivity contribution in [2.75, 3.05) is 7.05 Å². The van der Waals surface area contributed by atoms with Gasteiger partial charge >= 0.3 is 0 Å². The first-order chi connectivity index (χ1) is 8.86. The van der Waals surface area contributed by atoms with Crippen molar-refractivity contribution in [1.82, 2.24) is 5.32 Å². The second-order valence-electron chi connectivity index (χ2n) is 5.59. The highest BCUT2D eigenvalue weighted by Crippen LogP contribution is 2.36. The SMILES string of the molecule is CCCCCCC(NC)C1CCc2ccccc21. The monoisotopic (exact) mass is 245 g/mol. The average Bonchev–Trinajstić information content (AvgIpc) is 2.83. The van der Waals surface area contributed by atoms with Crippen molar-refractivity contribution in [3.63, 3.8) is 0 Å². The Kier molecular flexibility index (Phi) is 5.25. The molecule has 1 heteroatoms.